The van der Waals surface area contributed by atoms with E-state index in [1.165, 1.54) is 0 Å². The molecule has 0 spiro atoms. The van der Waals surface area contributed by atoms with Crippen molar-refractivity contribution < 1.29 is 5.11 Å². The normalized spacial score (nSPS) is 15.2. The lowest BCUT2D eigenvalue weighted by Crippen LogP contribution is -2.37. The molecule has 1 atom stereocenters. The molecule has 1 unspecified atom stereocenters. The van der Waals surface area contributed by atoms with Crippen LogP contribution in [-0.2, 0) is 12.1 Å². The molecule has 4 nitrogen and oxygen atoms in total. The van der Waals surface area contributed by atoms with Gasteiger partial charge in [0.05, 0.1) is 0 Å². The molecule has 0 saturated carbocycles. The summed E-state index contributed by atoms with van der Waals surface area (Å²) in [6.07, 6.45) is 4.70. The quantitative estimate of drug-likeness (QED) is 0.741. The van der Waals surface area contributed by atoms with E-state index in [1.807, 2.05) is 17.7 Å². The third kappa shape index (κ3) is 3.04. The molecule has 2 N–H and O–H groups in total. The molecule has 0 aromatic carbocycles. The molecule has 15 heavy (non-hydrogen) atoms. The van der Waals surface area contributed by atoms with Gasteiger partial charge < -0.3 is 15.0 Å². The lowest BCUT2D eigenvalue weighted by molar-refractivity contribution is 0.0445. The van der Waals surface area contributed by atoms with Crippen LogP contribution in [0.4, 0.5) is 0 Å². The fraction of sp³-hybridized carbons (Fsp3) is 0.727. The van der Waals surface area contributed by atoms with Gasteiger partial charge in [-0.05, 0) is 19.9 Å². The maximum absolute atomic E-state index is 10.3. The summed E-state index contributed by atoms with van der Waals surface area (Å²) in [5.74, 6) is 0.741. The van der Waals surface area contributed by atoms with Gasteiger partial charge in [-0.15, -0.1) is 0 Å². The summed E-state index contributed by atoms with van der Waals surface area (Å²) in [6.45, 7) is 8.22. The van der Waals surface area contributed by atoms with Crippen LogP contribution >= 0.6 is 0 Å². The van der Waals surface area contributed by atoms with Crippen molar-refractivity contribution in [1.82, 2.24) is 14.9 Å². The number of aliphatic hydroxyl groups is 1. The fourth-order valence-corrected chi connectivity index (χ4v) is 1.65. The van der Waals surface area contributed by atoms with Crippen molar-refractivity contribution in [3.63, 3.8) is 0 Å². The third-order valence-electron chi connectivity index (χ3n) is 2.38. The van der Waals surface area contributed by atoms with Gasteiger partial charge in [-0.1, -0.05) is 13.8 Å². The third-order valence-corrected chi connectivity index (χ3v) is 2.38. The minimum Gasteiger partial charge on any atom is -0.381 e. The van der Waals surface area contributed by atoms with Crippen LogP contribution in [0, 0.1) is 0 Å². The van der Waals surface area contributed by atoms with Gasteiger partial charge in [0.1, 0.15) is 11.4 Å². The first-order valence-electron chi connectivity index (χ1n) is 5.56. The first-order chi connectivity index (χ1) is 7.11. The van der Waals surface area contributed by atoms with Gasteiger partial charge in [0.2, 0.25) is 0 Å². The van der Waals surface area contributed by atoms with E-state index in [9.17, 15) is 5.11 Å². The Morgan fingerprint density at radius 3 is 2.87 bits per heavy atom. The number of hydrogen-bond donors (Lipinski definition) is 2. The van der Waals surface area contributed by atoms with E-state index in [-0.39, 0.29) is 0 Å². The molecular weight excluding hydrogens is 190 g/mol. The van der Waals surface area contributed by atoms with Gasteiger partial charge >= 0.3 is 0 Å². The molecule has 0 aliphatic rings. The number of aromatic nitrogens is 2. The van der Waals surface area contributed by atoms with Crippen LogP contribution in [0.25, 0.3) is 0 Å². The van der Waals surface area contributed by atoms with Crippen LogP contribution in [0.5, 0.6) is 0 Å². The van der Waals surface area contributed by atoms with Crippen molar-refractivity contribution in [3.05, 3.63) is 18.2 Å². The Balaban J connectivity index is 2.78. The molecule has 1 aromatic rings. The zero-order chi connectivity index (χ0) is 11.3. The predicted octanol–water partition coefficient (Wildman–Crippen LogP) is 1.11. The standard InChI is InChI=1S/C11H21N3O/c1-4-7-14-8-6-13-10(14)11(3,15)9-12-5-2/h6,8,12,15H,4-5,7,9H2,1-3H3. The van der Waals surface area contributed by atoms with Crippen molar-refractivity contribution >= 4 is 0 Å². The van der Waals surface area contributed by atoms with Gasteiger partial charge in [0.15, 0.2) is 0 Å². The largest absolute Gasteiger partial charge is 0.381 e. The molecule has 86 valence electrons. The number of likely N-dealkylation sites (N-methyl/N-ethyl adjacent to an activating group) is 1. The highest BCUT2D eigenvalue weighted by Crippen LogP contribution is 2.17. The number of imidazole rings is 1. The number of hydrogen-bond acceptors (Lipinski definition) is 3. The number of rotatable bonds is 6. The first kappa shape index (κ1) is 12.2. The molecule has 0 aliphatic heterocycles. The molecule has 0 fully saturated rings. The lowest BCUT2D eigenvalue weighted by atomic mass is 10.1. The minimum absolute atomic E-state index is 0.532. The van der Waals surface area contributed by atoms with Gasteiger partial charge in [-0.2, -0.15) is 0 Å². The second-order valence-corrected chi connectivity index (χ2v) is 4.00. The van der Waals surface area contributed by atoms with Crippen LogP contribution in [0.1, 0.15) is 33.0 Å². The number of aryl methyl sites for hydroxylation is 1. The minimum atomic E-state index is -0.894. The fourth-order valence-electron chi connectivity index (χ4n) is 1.65. The number of nitrogens with one attached hydrogen (secondary N) is 1. The summed E-state index contributed by atoms with van der Waals surface area (Å²) in [5.41, 5.74) is -0.894. The highest BCUT2D eigenvalue weighted by molar-refractivity contribution is 5.04. The Bertz CT molecular complexity index is 294. The molecule has 0 saturated heterocycles. The summed E-state index contributed by atoms with van der Waals surface area (Å²) < 4.78 is 2.01. The van der Waals surface area contributed by atoms with Gasteiger partial charge in [-0.3, -0.25) is 0 Å². The number of nitrogens with zero attached hydrogens (tertiary/aromatic N) is 2. The maximum Gasteiger partial charge on any atom is 0.141 e. The van der Waals surface area contributed by atoms with Crippen molar-refractivity contribution in [3.8, 4) is 0 Å². The molecule has 0 bridgehead atoms. The SMILES string of the molecule is CCCn1ccnc1C(C)(O)CNCC. The van der Waals surface area contributed by atoms with Crippen LogP contribution < -0.4 is 5.32 Å². The van der Waals surface area contributed by atoms with E-state index in [4.69, 9.17) is 0 Å². The monoisotopic (exact) mass is 211 g/mol. The Hall–Kier alpha value is -0.870. The Morgan fingerprint density at radius 2 is 2.27 bits per heavy atom. The smallest absolute Gasteiger partial charge is 0.141 e. The zero-order valence-corrected chi connectivity index (χ0v) is 9.82. The maximum atomic E-state index is 10.3. The predicted molar refractivity (Wildman–Crippen MR) is 60.6 cm³/mol. The van der Waals surface area contributed by atoms with Crippen molar-refractivity contribution in [2.75, 3.05) is 13.1 Å². The van der Waals surface area contributed by atoms with E-state index >= 15 is 0 Å². The molecule has 1 rings (SSSR count). The molecule has 0 amide bonds. The van der Waals surface area contributed by atoms with Crippen LogP contribution in [-0.4, -0.2) is 27.7 Å². The first-order valence-corrected chi connectivity index (χ1v) is 5.56. The topological polar surface area (TPSA) is 50.1 Å². The molecule has 0 aliphatic carbocycles. The lowest BCUT2D eigenvalue weighted by Gasteiger charge is -2.24. The van der Waals surface area contributed by atoms with E-state index in [0.29, 0.717) is 6.54 Å². The highest BCUT2D eigenvalue weighted by atomic mass is 16.3. The molecule has 0 radical (unpaired) electrons. The Kier molecular flexibility index (Phi) is 4.29. The average Bonchev–Trinajstić information content (AvgIpc) is 2.64. The molecule has 4 heteroatoms. The second kappa shape index (κ2) is 5.28. The van der Waals surface area contributed by atoms with E-state index in [1.54, 1.807) is 13.1 Å². The molecule has 1 aromatic heterocycles. The van der Waals surface area contributed by atoms with E-state index < -0.39 is 5.60 Å². The van der Waals surface area contributed by atoms with Gasteiger partial charge in [0.25, 0.3) is 0 Å². The molecular formula is C11H21N3O. The van der Waals surface area contributed by atoms with Crippen LogP contribution in [0.3, 0.4) is 0 Å². The van der Waals surface area contributed by atoms with Crippen LogP contribution in [0.15, 0.2) is 12.4 Å². The summed E-state index contributed by atoms with van der Waals surface area (Å²) >= 11 is 0. The van der Waals surface area contributed by atoms with Gasteiger partial charge in [0, 0.05) is 25.5 Å². The Labute approximate surface area is 91.3 Å². The van der Waals surface area contributed by atoms with Gasteiger partial charge in [-0.25, -0.2) is 4.98 Å². The van der Waals surface area contributed by atoms with E-state index in [2.05, 4.69) is 17.2 Å². The summed E-state index contributed by atoms with van der Waals surface area (Å²) in [6, 6.07) is 0. The Morgan fingerprint density at radius 1 is 1.53 bits per heavy atom. The second-order valence-electron chi connectivity index (χ2n) is 4.00. The van der Waals surface area contributed by atoms with Crippen LogP contribution in [0.2, 0.25) is 0 Å². The van der Waals surface area contributed by atoms with Crippen molar-refractivity contribution in [2.45, 2.75) is 39.3 Å². The summed E-state index contributed by atoms with van der Waals surface area (Å²) in [7, 11) is 0. The van der Waals surface area contributed by atoms with E-state index in [0.717, 1.165) is 25.3 Å². The summed E-state index contributed by atoms with van der Waals surface area (Å²) in [5, 5.41) is 13.4. The van der Waals surface area contributed by atoms with Crippen molar-refractivity contribution in [1.29, 1.82) is 0 Å². The molecule has 1 heterocycles. The summed E-state index contributed by atoms with van der Waals surface area (Å²) in [4.78, 5) is 4.23. The average molecular weight is 211 g/mol. The highest BCUT2D eigenvalue weighted by Gasteiger charge is 2.27. The van der Waals surface area contributed by atoms with Crippen molar-refractivity contribution in [2.24, 2.45) is 0 Å². The zero-order valence-electron chi connectivity index (χ0n) is 9.82.